The highest BCUT2D eigenvalue weighted by molar-refractivity contribution is 6.45. The highest BCUT2D eigenvalue weighted by Crippen LogP contribution is 2.31. The molecule has 24 heavy (non-hydrogen) atoms. The SMILES string of the molecule is CNC(=O)C(=O)c1c[nH]c2cc(F)cc(OCc3ccccc3)c12. The lowest BCUT2D eigenvalue weighted by Crippen LogP contribution is -2.27. The van der Waals surface area contributed by atoms with Gasteiger partial charge in [0.2, 0.25) is 0 Å². The fourth-order valence-electron chi connectivity index (χ4n) is 2.46. The minimum Gasteiger partial charge on any atom is -0.488 e. The average Bonchev–Trinajstić information content (AvgIpc) is 3.02. The van der Waals surface area contributed by atoms with Gasteiger partial charge >= 0.3 is 0 Å². The van der Waals surface area contributed by atoms with Crippen LogP contribution in [0.3, 0.4) is 0 Å². The molecule has 0 aliphatic rings. The van der Waals surface area contributed by atoms with Crippen LogP contribution in [0.2, 0.25) is 0 Å². The van der Waals surface area contributed by atoms with Crippen molar-refractivity contribution in [1.29, 1.82) is 0 Å². The van der Waals surface area contributed by atoms with Gasteiger partial charge in [-0.1, -0.05) is 30.3 Å². The first-order valence-electron chi connectivity index (χ1n) is 7.34. The highest BCUT2D eigenvalue weighted by atomic mass is 19.1. The van der Waals surface area contributed by atoms with Crippen molar-refractivity contribution in [2.45, 2.75) is 6.61 Å². The average molecular weight is 326 g/mol. The molecular weight excluding hydrogens is 311 g/mol. The van der Waals surface area contributed by atoms with E-state index in [-0.39, 0.29) is 17.9 Å². The number of carbonyl (C=O) groups is 2. The van der Waals surface area contributed by atoms with Crippen molar-refractivity contribution in [3.8, 4) is 5.75 Å². The van der Waals surface area contributed by atoms with Crippen LogP contribution >= 0.6 is 0 Å². The van der Waals surface area contributed by atoms with E-state index in [0.717, 1.165) is 5.56 Å². The molecule has 0 bridgehead atoms. The Morgan fingerprint density at radius 2 is 1.96 bits per heavy atom. The van der Waals surface area contributed by atoms with Crippen molar-refractivity contribution in [1.82, 2.24) is 10.3 Å². The predicted octanol–water partition coefficient (Wildman–Crippen LogP) is 2.81. The molecule has 0 fully saturated rings. The summed E-state index contributed by atoms with van der Waals surface area (Å²) in [7, 11) is 1.38. The standard InChI is InChI=1S/C18H15FN2O3/c1-20-18(23)17(22)13-9-21-14-7-12(19)8-15(16(13)14)24-10-11-5-3-2-4-6-11/h2-9,21H,10H2,1H3,(H,20,23). The molecule has 2 aromatic carbocycles. The second kappa shape index (κ2) is 6.54. The molecule has 1 heterocycles. The largest absolute Gasteiger partial charge is 0.488 e. The van der Waals surface area contributed by atoms with E-state index in [4.69, 9.17) is 4.74 Å². The number of halogens is 1. The maximum atomic E-state index is 13.8. The van der Waals surface area contributed by atoms with Crippen LogP contribution in [0.15, 0.2) is 48.7 Å². The topological polar surface area (TPSA) is 71.2 Å². The molecule has 0 unspecified atom stereocenters. The first kappa shape index (κ1) is 15.7. The van der Waals surface area contributed by atoms with Gasteiger partial charge in [-0.25, -0.2) is 4.39 Å². The summed E-state index contributed by atoms with van der Waals surface area (Å²) >= 11 is 0. The summed E-state index contributed by atoms with van der Waals surface area (Å²) in [6.07, 6.45) is 1.39. The third-order valence-electron chi connectivity index (χ3n) is 3.62. The van der Waals surface area contributed by atoms with E-state index in [1.165, 1.54) is 25.4 Å². The molecule has 1 aromatic heterocycles. The predicted molar refractivity (Wildman–Crippen MR) is 87.4 cm³/mol. The number of ketones is 1. The van der Waals surface area contributed by atoms with Gasteiger partial charge in [0.05, 0.1) is 16.5 Å². The van der Waals surface area contributed by atoms with Gasteiger partial charge in [-0.3, -0.25) is 9.59 Å². The number of hydrogen-bond acceptors (Lipinski definition) is 3. The zero-order chi connectivity index (χ0) is 17.1. The maximum absolute atomic E-state index is 13.8. The number of ether oxygens (including phenoxy) is 1. The first-order valence-corrected chi connectivity index (χ1v) is 7.34. The third kappa shape index (κ3) is 2.99. The second-order valence-electron chi connectivity index (χ2n) is 5.21. The van der Waals surface area contributed by atoms with Crippen molar-refractivity contribution in [2.24, 2.45) is 0 Å². The van der Waals surface area contributed by atoms with Gasteiger partial charge in [-0.2, -0.15) is 0 Å². The summed E-state index contributed by atoms with van der Waals surface area (Å²) in [6.45, 7) is 0.220. The fourth-order valence-corrected chi connectivity index (χ4v) is 2.46. The number of hydrogen-bond donors (Lipinski definition) is 2. The lowest BCUT2D eigenvalue weighted by Gasteiger charge is -2.09. The number of H-pyrrole nitrogens is 1. The van der Waals surface area contributed by atoms with Crippen LogP contribution in [-0.4, -0.2) is 23.7 Å². The number of amides is 1. The minimum atomic E-state index is -0.741. The fraction of sp³-hybridized carbons (Fsp3) is 0.111. The number of benzene rings is 2. The molecule has 3 aromatic rings. The summed E-state index contributed by atoms with van der Waals surface area (Å²) in [5, 5.41) is 2.68. The summed E-state index contributed by atoms with van der Waals surface area (Å²) in [4.78, 5) is 26.6. The summed E-state index contributed by atoms with van der Waals surface area (Å²) in [5.41, 5.74) is 1.45. The number of likely N-dealkylation sites (N-methyl/N-ethyl adjacent to an activating group) is 1. The van der Waals surface area contributed by atoms with Crippen LogP contribution in [-0.2, 0) is 11.4 Å². The van der Waals surface area contributed by atoms with Crippen LogP contribution in [0.4, 0.5) is 4.39 Å². The number of nitrogens with one attached hydrogen (secondary N) is 2. The Hall–Kier alpha value is -3.15. The molecule has 0 saturated heterocycles. The van der Waals surface area contributed by atoms with Gasteiger partial charge in [0.25, 0.3) is 11.7 Å². The number of aromatic amines is 1. The Kier molecular flexibility index (Phi) is 4.29. The van der Waals surface area contributed by atoms with Crippen molar-refractivity contribution in [3.05, 3.63) is 65.6 Å². The van der Waals surface area contributed by atoms with E-state index in [0.29, 0.717) is 10.9 Å². The first-order chi connectivity index (χ1) is 11.6. The van der Waals surface area contributed by atoms with E-state index in [9.17, 15) is 14.0 Å². The number of aromatic nitrogens is 1. The van der Waals surface area contributed by atoms with Gasteiger partial charge in [0.15, 0.2) is 0 Å². The lowest BCUT2D eigenvalue weighted by atomic mass is 10.1. The summed E-state index contributed by atoms with van der Waals surface area (Å²) in [5.74, 6) is -1.73. The van der Waals surface area contributed by atoms with Crippen molar-refractivity contribution in [2.75, 3.05) is 7.05 Å². The quantitative estimate of drug-likeness (QED) is 0.559. The number of carbonyl (C=O) groups excluding carboxylic acids is 2. The molecule has 0 atom stereocenters. The molecule has 6 heteroatoms. The Labute approximate surface area is 137 Å². The van der Waals surface area contributed by atoms with Crippen LogP contribution in [0.25, 0.3) is 10.9 Å². The minimum absolute atomic E-state index is 0.146. The Morgan fingerprint density at radius 1 is 1.21 bits per heavy atom. The van der Waals surface area contributed by atoms with Crippen LogP contribution in [0.5, 0.6) is 5.75 Å². The number of rotatable bonds is 5. The lowest BCUT2D eigenvalue weighted by molar-refractivity contribution is -0.116. The molecule has 1 amide bonds. The maximum Gasteiger partial charge on any atom is 0.292 e. The highest BCUT2D eigenvalue weighted by Gasteiger charge is 2.22. The Bertz CT molecular complexity index is 903. The van der Waals surface area contributed by atoms with Gasteiger partial charge in [0, 0.05) is 19.3 Å². The molecule has 2 N–H and O–H groups in total. The van der Waals surface area contributed by atoms with E-state index >= 15 is 0 Å². The van der Waals surface area contributed by atoms with Gasteiger partial charge in [0.1, 0.15) is 18.2 Å². The van der Waals surface area contributed by atoms with Crippen molar-refractivity contribution < 1.29 is 18.7 Å². The smallest absolute Gasteiger partial charge is 0.292 e. The zero-order valence-corrected chi connectivity index (χ0v) is 12.9. The van der Waals surface area contributed by atoms with Gasteiger partial charge < -0.3 is 15.0 Å². The normalized spacial score (nSPS) is 10.6. The number of fused-ring (bicyclic) bond motifs is 1. The Balaban J connectivity index is 2.01. The molecule has 0 saturated carbocycles. The van der Waals surface area contributed by atoms with E-state index in [1.54, 1.807) is 0 Å². The monoisotopic (exact) mass is 326 g/mol. The van der Waals surface area contributed by atoms with E-state index < -0.39 is 17.5 Å². The second-order valence-corrected chi connectivity index (χ2v) is 5.21. The van der Waals surface area contributed by atoms with E-state index in [2.05, 4.69) is 10.3 Å². The molecule has 5 nitrogen and oxygen atoms in total. The molecule has 0 aliphatic heterocycles. The van der Waals surface area contributed by atoms with Gasteiger partial charge in [-0.15, -0.1) is 0 Å². The van der Waals surface area contributed by atoms with Crippen LogP contribution in [0.1, 0.15) is 15.9 Å². The Morgan fingerprint density at radius 3 is 2.67 bits per heavy atom. The molecule has 0 radical (unpaired) electrons. The summed E-state index contributed by atoms with van der Waals surface area (Å²) in [6, 6.07) is 11.9. The van der Waals surface area contributed by atoms with Gasteiger partial charge in [-0.05, 0) is 11.6 Å². The van der Waals surface area contributed by atoms with Crippen LogP contribution < -0.4 is 10.1 Å². The summed E-state index contributed by atoms with van der Waals surface area (Å²) < 4.78 is 19.5. The number of Topliss-reactive ketones (excluding diaryl/α,β-unsaturated/α-hetero) is 1. The van der Waals surface area contributed by atoms with Crippen LogP contribution in [0, 0.1) is 5.82 Å². The third-order valence-corrected chi connectivity index (χ3v) is 3.62. The molecule has 0 spiro atoms. The molecule has 122 valence electrons. The van der Waals surface area contributed by atoms with Crippen molar-refractivity contribution in [3.63, 3.8) is 0 Å². The molecule has 0 aliphatic carbocycles. The molecule has 3 rings (SSSR count). The van der Waals surface area contributed by atoms with E-state index in [1.807, 2.05) is 30.3 Å². The van der Waals surface area contributed by atoms with Crippen molar-refractivity contribution >= 4 is 22.6 Å². The molecular formula is C18H15FN2O3. The zero-order valence-electron chi connectivity index (χ0n) is 12.9.